The van der Waals surface area contributed by atoms with Crippen LogP contribution in [0.3, 0.4) is 0 Å². The van der Waals surface area contributed by atoms with Crippen molar-refractivity contribution in [1.82, 2.24) is 4.90 Å². The SMILES string of the molecule is O=C(c1cccc(NCc2cccc(F)c2)c1)N1CCCC(O)C1. The van der Waals surface area contributed by atoms with Crippen LogP contribution in [0.4, 0.5) is 10.1 Å². The Bertz CT molecular complexity index is 720. The van der Waals surface area contributed by atoms with Crippen molar-refractivity contribution in [3.8, 4) is 0 Å². The van der Waals surface area contributed by atoms with E-state index in [0.29, 0.717) is 25.2 Å². The number of hydrogen-bond acceptors (Lipinski definition) is 3. The van der Waals surface area contributed by atoms with Crippen molar-refractivity contribution in [1.29, 1.82) is 0 Å². The number of anilines is 1. The maximum Gasteiger partial charge on any atom is 0.254 e. The van der Waals surface area contributed by atoms with Crippen LogP contribution in [-0.4, -0.2) is 35.1 Å². The van der Waals surface area contributed by atoms with E-state index in [1.54, 1.807) is 23.1 Å². The zero-order valence-electron chi connectivity index (χ0n) is 13.4. The van der Waals surface area contributed by atoms with E-state index in [1.165, 1.54) is 12.1 Å². The second-order valence-electron chi connectivity index (χ2n) is 6.11. The molecule has 24 heavy (non-hydrogen) atoms. The molecule has 5 heteroatoms. The number of benzene rings is 2. The van der Waals surface area contributed by atoms with Crippen LogP contribution >= 0.6 is 0 Å². The summed E-state index contributed by atoms with van der Waals surface area (Å²) in [6, 6.07) is 13.7. The first-order chi connectivity index (χ1) is 11.6. The Morgan fingerprint density at radius 3 is 2.88 bits per heavy atom. The van der Waals surface area contributed by atoms with Gasteiger partial charge in [-0.05, 0) is 48.7 Å². The van der Waals surface area contributed by atoms with Crippen molar-refractivity contribution in [3.05, 3.63) is 65.5 Å². The summed E-state index contributed by atoms with van der Waals surface area (Å²) in [6.07, 6.45) is 1.14. The molecule has 1 saturated heterocycles. The fraction of sp³-hybridized carbons (Fsp3) is 0.316. The normalized spacial score (nSPS) is 17.6. The molecule has 1 atom stereocenters. The Kier molecular flexibility index (Phi) is 5.11. The summed E-state index contributed by atoms with van der Waals surface area (Å²) < 4.78 is 13.2. The first kappa shape index (κ1) is 16.5. The average molecular weight is 328 g/mol. The highest BCUT2D eigenvalue weighted by atomic mass is 19.1. The quantitative estimate of drug-likeness (QED) is 0.907. The van der Waals surface area contributed by atoms with Gasteiger partial charge in [0.1, 0.15) is 5.82 Å². The second kappa shape index (κ2) is 7.45. The third-order valence-corrected chi connectivity index (χ3v) is 4.18. The molecule has 0 aliphatic carbocycles. The molecule has 2 aromatic carbocycles. The van der Waals surface area contributed by atoms with E-state index >= 15 is 0 Å². The van der Waals surface area contributed by atoms with E-state index in [1.807, 2.05) is 18.2 Å². The molecule has 1 unspecified atom stereocenters. The molecular weight excluding hydrogens is 307 g/mol. The molecule has 2 N–H and O–H groups in total. The molecule has 0 saturated carbocycles. The summed E-state index contributed by atoms with van der Waals surface area (Å²) in [7, 11) is 0. The highest BCUT2D eigenvalue weighted by Crippen LogP contribution is 2.17. The fourth-order valence-electron chi connectivity index (χ4n) is 2.94. The number of rotatable bonds is 4. The third-order valence-electron chi connectivity index (χ3n) is 4.18. The molecule has 1 amide bonds. The number of carbonyl (C=O) groups excluding carboxylic acids is 1. The molecule has 1 aliphatic rings. The molecule has 4 nitrogen and oxygen atoms in total. The number of aliphatic hydroxyl groups is 1. The molecule has 3 rings (SSSR count). The van der Waals surface area contributed by atoms with Crippen LogP contribution in [-0.2, 0) is 6.54 Å². The van der Waals surface area contributed by atoms with Crippen molar-refractivity contribution in [2.24, 2.45) is 0 Å². The van der Waals surface area contributed by atoms with Gasteiger partial charge in [-0.15, -0.1) is 0 Å². The number of carbonyl (C=O) groups is 1. The number of aliphatic hydroxyl groups excluding tert-OH is 1. The van der Waals surface area contributed by atoms with Gasteiger partial charge < -0.3 is 15.3 Å². The van der Waals surface area contributed by atoms with Gasteiger partial charge in [0.05, 0.1) is 6.10 Å². The Balaban J connectivity index is 1.66. The van der Waals surface area contributed by atoms with Gasteiger partial charge in [0.25, 0.3) is 5.91 Å². The Labute approximate surface area is 140 Å². The van der Waals surface area contributed by atoms with Crippen LogP contribution in [0.5, 0.6) is 0 Å². The van der Waals surface area contributed by atoms with Crippen LogP contribution in [0, 0.1) is 5.82 Å². The molecule has 1 aliphatic heterocycles. The summed E-state index contributed by atoms with van der Waals surface area (Å²) in [6.45, 7) is 1.55. The minimum absolute atomic E-state index is 0.0665. The van der Waals surface area contributed by atoms with Gasteiger partial charge in [0.15, 0.2) is 0 Å². The first-order valence-electron chi connectivity index (χ1n) is 8.17. The summed E-state index contributed by atoms with van der Waals surface area (Å²) >= 11 is 0. The predicted octanol–water partition coefficient (Wildman–Crippen LogP) is 3.03. The Morgan fingerprint density at radius 2 is 2.08 bits per heavy atom. The number of amides is 1. The van der Waals surface area contributed by atoms with E-state index in [-0.39, 0.29) is 11.7 Å². The fourth-order valence-corrected chi connectivity index (χ4v) is 2.94. The average Bonchev–Trinajstić information content (AvgIpc) is 2.60. The first-order valence-corrected chi connectivity index (χ1v) is 8.17. The second-order valence-corrected chi connectivity index (χ2v) is 6.11. The number of hydrogen-bond donors (Lipinski definition) is 2. The van der Waals surface area contributed by atoms with Gasteiger partial charge >= 0.3 is 0 Å². The zero-order chi connectivity index (χ0) is 16.9. The van der Waals surface area contributed by atoms with Crippen molar-refractivity contribution < 1.29 is 14.3 Å². The van der Waals surface area contributed by atoms with Crippen LogP contribution in [0.25, 0.3) is 0 Å². The lowest BCUT2D eigenvalue weighted by molar-refractivity contribution is 0.0474. The van der Waals surface area contributed by atoms with E-state index < -0.39 is 6.10 Å². The van der Waals surface area contributed by atoms with E-state index in [0.717, 1.165) is 24.1 Å². The summed E-state index contributed by atoms with van der Waals surface area (Å²) in [5, 5.41) is 12.9. The van der Waals surface area contributed by atoms with Crippen LogP contribution in [0.15, 0.2) is 48.5 Å². The maximum absolute atomic E-state index is 13.2. The summed E-state index contributed by atoms with van der Waals surface area (Å²) in [4.78, 5) is 14.2. The predicted molar refractivity (Wildman–Crippen MR) is 91.3 cm³/mol. The van der Waals surface area contributed by atoms with Gasteiger partial charge in [0, 0.05) is 30.9 Å². The van der Waals surface area contributed by atoms with Gasteiger partial charge in [0.2, 0.25) is 0 Å². The van der Waals surface area contributed by atoms with Crippen molar-refractivity contribution in [2.75, 3.05) is 18.4 Å². The lowest BCUT2D eigenvalue weighted by Crippen LogP contribution is -2.42. The maximum atomic E-state index is 13.2. The molecule has 0 spiro atoms. The topological polar surface area (TPSA) is 52.6 Å². The van der Waals surface area contributed by atoms with Crippen molar-refractivity contribution in [3.63, 3.8) is 0 Å². The Hall–Kier alpha value is -2.40. The van der Waals surface area contributed by atoms with Gasteiger partial charge in [-0.25, -0.2) is 4.39 Å². The van der Waals surface area contributed by atoms with Crippen molar-refractivity contribution in [2.45, 2.75) is 25.5 Å². The monoisotopic (exact) mass is 328 g/mol. The molecular formula is C19H21FN2O2. The number of halogens is 1. The van der Waals surface area contributed by atoms with Gasteiger partial charge in [-0.3, -0.25) is 4.79 Å². The lowest BCUT2D eigenvalue weighted by atomic mass is 10.1. The standard InChI is InChI=1S/C19H21FN2O2/c20-16-6-1-4-14(10-16)12-21-17-7-2-5-15(11-17)19(24)22-9-3-8-18(23)13-22/h1-2,4-7,10-11,18,21,23H,3,8-9,12-13H2. The Morgan fingerprint density at radius 1 is 1.25 bits per heavy atom. The molecule has 1 heterocycles. The summed E-state index contributed by atoms with van der Waals surface area (Å²) in [5.74, 6) is -0.329. The minimum atomic E-state index is -0.433. The van der Waals surface area contributed by atoms with Crippen LogP contribution in [0.2, 0.25) is 0 Å². The van der Waals surface area contributed by atoms with Gasteiger partial charge in [-0.1, -0.05) is 18.2 Å². The molecule has 0 bridgehead atoms. The molecule has 0 aromatic heterocycles. The van der Waals surface area contributed by atoms with Crippen LogP contribution in [0.1, 0.15) is 28.8 Å². The number of piperidine rings is 1. The molecule has 126 valence electrons. The summed E-state index contributed by atoms with van der Waals surface area (Å²) in [5.41, 5.74) is 2.24. The van der Waals surface area contributed by atoms with E-state index in [2.05, 4.69) is 5.32 Å². The van der Waals surface area contributed by atoms with Gasteiger partial charge in [-0.2, -0.15) is 0 Å². The number of nitrogens with one attached hydrogen (secondary N) is 1. The highest BCUT2D eigenvalue weighted by molar-refractivity contribution is 5.95. The number of nitrogens with zero attached hydrogens (tertiary/aromatic N) is 1. The molecule has 1 fully saturated rings. The van der Waals surface area contributed by atoms with E-state index in [9.17, 15) is 14.3 Å². The number of β-amino-alcohol motifs (C(OH)–C–C–N with tert-alkyl or cyclic N) is 1. The highest BCUT2D eigenvalue weighted by Gasteiger charge is 2.23. The van der Waals surface area contributed by atoms with Crippen LogP contribution < -0.4 is 5.32 Å². The third kappa shape index (κ3) is 4.11. The molecule has 2 aromatic rings. The molecule has 0 radical (unpaired) electrons. The minimum Gasteiger partial charge on any atom is -0.391 e. The zero-order valence-corrected chi connectivity index (χ0v) is 13.4. The lowest BCUT2D eigenvalue weighted by Gasteiger charge is -2.30. The largest absolute Gasteiger partial charge is 0.391 e. The number of likely N-dealkylation sites (tertiary alicyclic amines) is 1. The van der Waals surface area contributed by atoms with E-state index in [4.69, 9.17) is 0 Å². The smallest absolute Gasteiger partial charge is 0.254 e. The van der Waals surface area contributed by atoms with Crippen molar-refractivity contribution >= 4 is 11.6 Å².